The van der Waals surface area contributed by atoms with Gasteiger partial charge in [0.2, 0.25) is 0 Å². The van der Waals surface area contributed by atoms with Crippen LogP contribution in [0.4, 0.5) is 0 Å². The molecule has 0 fully saturated rings. The Balaban J connectivity index is 0.974. The van der Waals surface area contributed by atoms with Crippen molar-refractivity contribution in [3.05, 3.63) is 331 Å². The molecule has 11 aromatic carbocycles. The first kappa shape index (κ1) is 54.7. The maximum atomic E-state index is 5.71. The normalized spacial score (nSPS) is 12.2. The summed E-state index contributed by atoms with van der Waals surface area (Å²) >= 11 is 0. The van der Waals surface area contributed by atoms with E-state index in [4.69, 9.17) is 15.0 Å². The molecule has 0 N–H and O–H groups in total. The van der Waals surface area contributed by atoms with Crippen LogP contribution in [0.25, 0.3) is 113 Å². The lowest BCUT2D eigenvalue weighted by Crippen LogP contribution is -2.24. The Hall–Kier alpha value is -11.0. The van der Waals surface area contributed by atoms with Crippen molar-refractivity contribution in [1.29, 1.82) is 0 Å². The second-order valence-corrected chi connectivity index (χ2v) is 23.3. The molecule has 15 rings (SSSR count). The minimum absolute atomic E-state index is 0.330. The fourth-order valence-corrected chi connectivity index (χ4v) is 14.0. The molecule has 0 spiro atoms. The fourth-order valence-electron chi connectivity index (χ4n) is 14.0. The van der Waals surface area contributed by atoms with Gasteiger partial charge in [0, 0.05) is 68.6 Å². The zero-order chi connectivity index (χ0) is 59.7. The zero-order valence-corrected chi connectivity index (χ0v) is 50.1. The number of benzene rings is 11. The highest BCUT2D eigenvalue weighted by Gasteiger charge is 2.43. The average molecular weight is 1150 g/mol. The van der Waals surface area contributed by atoms with Crippen LogP contribution in [-0.4, -0.2) is 28.7 Å². The molecule has 0 saturated heterocycles. The Kier molecular flexibility index (Phi) is 14.6. The van der Waals surface area contributed by atoms with Crippen molar-refractivity contribution >= 4 is 0 Å². The summed E-state index contributed by atoms with van der Waals surface area (Å²) in [6.07, 6.45) is 1.82. The van der Waals surface area contributed by atoms with Gasteiger partial charge >= 0.3 is 0 Å². The molecule has 0 saturated carbocycles. The van der Waals surface area contributed by atoms with Gasteiger partial charge in [0.05, 0.1) is 40.7 Å². The van der Waals surface area contributed by atoms with Crippen molar-refractivity contribution in [3.63, 3.8) is 0 Å². The molecule has 3 aromatic heterocycles. The van der Waals surface area contributed by atoms with E-state index in [-0.39, 0.29) is 5.41 Å². The Morgan fingerprint density at radius 3 is 0.910 bits per heavy atom. The third-order valence-corrected chi connectivity index (χ3v) is 18.2. The van der Waals surface area contributed by atoms with Gasteiger partial charge in [0.25, 0.3) is 0 Å². The summed E-state index contributed by atoms with van der Waals surface area (Å²) in [4.78, 5) is 16.9. The molecule has 0 bridgehead atoms. The first-order chi connectivity index (χ1) is 44.0. The van der Waals surface area contributed by atoms with E-state index in [0.29, 0.717) is 19.6 Å². The molecule has 6 nitrogen and oxygen atoms in total. The molecular formula is C83H66N6. The highest BCUT2D eigenvalue weighted by atomic mass is 15.1. The van der Waals surface area contributed by atoms with Crippen LogP contribution in [0.15, 0.2) is 303 Å². The maximum Gasteiger partial charge on any atom is 0.141 e. The predicted octanol–water partition coefficient (Wildman–Crippen LogP) is 20.5. The third kappa shape index (κ3) is 10.0. The molecule has 14 aromatic rings. The summed E-state index contributed by atoms with van der Waals surface area (Å²) in [7, 11) is 0. The fraction of sp³-hybridized carbons (Fsp3) is 0.0964. The number of nitrogens with zero attached hydrogens (tertiary/aromatic N) is 6. The minimum Gasteiger partial charge on any atom is -0.319 e. The summed E-state index contributed by atoms with van der Waals surface area (Å²) in [6.45, 7) is 6.55. The Labute approximate surface area is 521 Å². The van der Waals surface area contributed by atoms with Gasteiger partial charge in [-0.2, -0.15) is 0 Å². The van der Waals surface area contributed by atoms with Crippen molar-refractivity contribution in [2.75, 3.05) is 0 Å². The van der Waals surface area contributed by atoms with Crippen LogP contribution in [0.5, 0.6) is 0 Å². The van der Waals surface area contributed by atoms with Crippen molar-refractivity contribution in [2.45, 2.75) is 51.7 Å². The van der Waals surface area contributed by atoms with Gasteiger partial charge < -0.3 is 13.7 Å². The van der Waals surface area contributed by atoms with Gasteiger partial charge in [0.1, 0.15) is 17.5 Å². The smallest absolute Gasteiger partial charge is 0.141 e. The molecule has 89 heavy (non-hydrogen) atoms. The van der Waals surface area contributed by atoms with Crippen LogP contribution < -0.4 is 0 Å². The predicted molar refractivity (Wildman–Crippen MR) is 366 cm³/mol. The Bertz CT molecular complexity index is 4760. The molecule has 6 heteroatoms. The second kappa shape index (κ2) is 23.7. The van der Waals surface area contributed by atoms with E-state index in [2.05, 4.69) is 331 Å². The number of fused-ring (bicyclic) bond motifs is 3. The molecule has 1 aliphatic rings. The number of hydrogen-bond acceptors (Lipinski definition) is 3. The van der Waals surface area contributed by atoms with Crippen molar-refractivity contribution < 1.29 is 0 Å². The summed E-state index contributed by atoms with van der Waals surface area (Å²) in [5, 5.41) is 0. The highest BCUT2D eigenvalue weighted by molar-refractivity contribution is 5.88. The van der Waals surface area contributed by atoms with Gasteiger partial charge in [0.15, 0.2) is 0 Å². The lowest BCUT2D eigenvalue weighted by molar-refractivity contribution is 0.489. The number of rotatable bonds is 17. The van der Waals surface area contributed by atoms with Crippen molar-refractivity contribution in [1.82, 2.24) is 28.7 Å². The summed E-state index contributed by atoms with van der Waals surface area (Å²) < 4.78 is 7.45. The molecule has 1 aliphatic carbocycles. The lowest BCUT2D eigenvalue weighted by Gasteiger charge is -2.31. The van der Waals surface area contributed by atoms with E-state index < -0.39 is 0 Å². The van der Waals surface area contributed by atoms with Crippen LogP contribution >= 0.6 is 0 Å². The number of hydrogen-bond donors (Lipinski definition) is 0. The van der Waals surface area contributed by atoms with Gasteiger partial charge in [-0.05, 0) is 51.8 Å². The topological polar surface area (TPSA) is 53.5 Å². The van der Waals surface area contributed by atoms with Gasteiger partial charge in [-0.1, -0.05) is 317 Å². The number of aromatic nitrogens is 6. The Morgan fingerprint density at radius 1 is 0.281 bits per heavy atom. The van der Waals surface area contributed by atoms with Gasteiger partial charge in [-0.25, -0.2) is 15.0 Å². The third-order valence-electron chi connectivity index (χ3n) is 18.2. The molecule has 0 aliphatic heterocycles. The van der Waals surface area contributed by atoms with E-state index in [1.54, 1.807) is 0 Å². The lowest BCUT2D eigenvalue weighted by atomic mass is 9.73. The number of imidazole rings is 3. The van der Waals surface area contributed by atoms with E-state index in [1.165, 1.54) is 38.9 Å². The van der Waals surface area contributed by atoms with Crippen LogP contribution in [-0.2, 0) is 25.0 Å². The van der Waals surface area contributed by atoms with Crippen LogP contribution in [0.1, 0.15) is 54.5 Å². The first-order valence-corrected chi connectivity index (χ1v) is 31.2. The standard InChI is InChI=1S/C83H66N6/c1-3-83(4-2)71-53-58(55-87-77(63-38-20-8-21-39-63)74(60-32-14-5-15-33-60)84-80(87)66-44-26-11-27-45-66)50-51-70(71)73-69(57-89-79(65-42-24-10-25-43-65)76(62-36-18-7-19-37-62)86-82(89)68-48-30-13-31-49-68)52-59(54-72(73)83)56-88-78(64-40-22-9-23-41-64)75(61-34-16-6-17-35-61)85-81(88)67-46-28-12-29-47-67/h5-54H,3-4,55-57H2,1-2H3. The summed E-state index contributed by atoms with van der Waals surface area (Å²) in [6, 6.07) is 109. The molecular weight excluding hydrogens is 1080 g/mol. The van der Waals surface area contributed by atoms with E-state index in [9.17, 15) is 0 Å². The SMILES string of the molecule is CCC1(CC)c2cc(Cn3c(-c4ccccc4)nc(-c4ccccc4)c3-c3ccccc3)ccc2-c2c(Cn3c(-c4ccccc4)nc(-c4ccccc4)c3-c3ccccc3)cc(Cn3c(-c4ccccc4)nc(-c4ccccc4)c3-c3ccccc3)cc21. The minimum atomic E-state index is -0.330. The largest absolute Gasteiger partial charge is 0.319 e. The summed E-state index contributed by atoms with van der Waals surface area (Å²) in [5.41, 5.74) is 24.6. The zero-order valence-electron chi connectivity index (χ0n) is 50.1. The van der Waals surface area contributed by atoms with E-state index in [0.717, 1.165) is 115 Å². The van der Waals surface area contributed by atoms with Crippen molar-refractivity contribution in [3.8, 4) is 113 Å². The quantitative estimate of drug-likeness (QED) is 0.0913. The van der Waals surface area contributed by atoms with E-state index in [1.807, 2.05) is 0 Å². The molecule has 3 heterocycles. The van der Waals surface area contributed by atoms with E-state index >= 15 is 0 Å². The van der Waals surface area contributed by atoms with Gasteiger partial charge in [-0.15, -0.1) is 0 Å². The van der Waals surface area contributed by atoms with Crippen LogP contribution in [0.3, 0.4) is 0 Å². The van der Waals surface area contributed by atoms with Gasteiger partial charge in [-0.3, -0.25) is 0 Å². The van der Waals surface area contributed by atoms with Crippen LogP contribution in [0, 0.1) is 0 Å². The molecule has 0 atom stereocenters. The Morgan fingerprint density at radius 2 is 0.573 bits per heavy atom. The van der Waals surface area contributed by atoms with Crippen molar-refractivity contribution in [2.24, 2.45) is 0 Å². The highest BCUT2D eigenvalue weighted by Crippen LogP contribution is 2.55. The molecule has 0 radical (unpaired) electrons. The van der Waals surface area contributed by atoms with Crippen LogP contribution in [0.2, 0.25) is 0 Å². The molecule has 0 amide bonds. The second-order valence-electron chi connectivity index (χ2n) is 23.3. The monoisotopic (exact) mass is 1150 g/mol. The first-order valence-electron chi connectivity index (χ1n) is 31.2. The maximum absolute atomic E-state index is 5.71. The molecule has 428 valence electrons. The summed E-state index contributed by atoms with van der Waals surface area (Å²) in [5.74, 6) is 2.79. The molecule has 0 unspecified atom stereocenters. The average Bonchev–Trinajstić information content (AvgIpc) is 1.59.